The van der Waals surface area contributed by atoms with Crippen LogP contribution in [0.25, 0.3) is 0 Å². The number of aryl methyl sites for hydroxylation is 2. The average Bonchev–Trinajstić information content (AvgIpc) is 2.42. The van der Waals surface area contributed by atoms with Gasteiger partial charge in [-0.1, -0.05) is 18.2 Å². The van der Waals surface area contributed by atoms with Crippen molar-refractivity contribution in [1.82, 2.24) is 4.90 Å². The molecule has 1 aromatic carbocycles. The molecule has 3 nitrogen and oxygen atoms in total. The zero-order chi connectivity index (χ0) is 14.5. The molecule has 1 fully saturated rings. The average molecular weight is 313 g/mol. The lowest BCUT2D eigenvalue weighted by Crippen LogP contribution is -2.41. The molecule has 1 aliphatic rings. The molecule has 0 amide bonds. The number of hydrogen-bond acceptors (Lipinski definition) is 3. The van der Waals surface area contributed by atoms with Crippen LogP contribution < -0.4 is 10.5 Å². The molecule has 120 valence electrons. The Morgan fingerprint density at radius 2 is 1.81 bits per heavy atom. The van der Waals surface area contributed by atoms with Gasteiger partial charge in [0.25, 0.3) is 0 Å². The fourth-order valence-corrected chi connectivity index (χ4v) is 3.01. The molecular formula is C17H29ClN2O. The summed E-state index contributed by atoms with van der Waals surface area (Å²) < 4.78 is 5.98. The van der Waals surface area contributed by atoms with Gasteiger partial charge in [0, 0.05) is 12.6 Å². The van der Waals surface area contributed by atoms with E-state index in [-0.39, 0.29) is 12.4 Å². The number of halogens is 1. The first-order valence-electron chi connectivity index (χ1n) is 7.75. The molecule has 0 spiro atoms. The van der Waals surface area contributed by atoms with E-state index < -0.39 is 0 Å². The van der Waals surface area contributed by atoms with Gasteiger partial charge >= 0.3 is 0 Å². The third kappa shape index (κ3) is 5.17. The Balaban J connectivity index is 0.00000220. The Labute approximate surface area is 135 Å². The first-order chi connectivity index (χ1) is 9.58. The summed E-state index contributed by atoms with van der Waals surface area (Å²) in [7, 11) is 0. The van der Waals surface area contributed by atoms with Crippen LogP contribution in [0, 0.1) is 19.8 Å². The largest absolute Gasteiger partial charge is 0.492 e. The first-order valence-corrected chi connectivity index (χ1v) is 7.75. The van der Waals surface area contributed by atoms with Crippen LogP contribution in [0.4, 0.5) is 0 Å². The number of benzene rings is 1. The summed E-state index contributed by atoms with van der Waals surface area (Å²) in [5, 5.41) is 0. The standard InChI is InChI=1S/C17H28N2O.ClH/c1-13-5-4-6-14(2)17(13)20-12-11-19-9-7-16(8-10-19)15(3)18;/h4-6,15-16H,7-12,18H2,1-3H3;1H. The summed E-state index contributed by atoms with van der Waals surface area (Å²) in [6.45, 7) is 10.4. The van der Waals surface area contributed by atoms with E-state index in [2.05, 4.69) is 43.9 Å². The second-order valence-corrected chi connectivity index (χ2v) is 6.11. The van der Waals surface area contributed by atoms with Gasteiger partial charge < -0.3 is 10.5 Å². The second kappa shape index (κ2) is 8.62. The number of nitrogens with two attached hydrogens (primary N) is 1. The number of piperidine rings is 1. The Morgan fingerprint density at radius 1 is 1.24 bits per heavy atom. The minimum Gasteiger partial charge on any atom is -0.492 e. The highest BCUT2D eigenvalue weighted by atomic mass is 35.5. The van der Waals surface area contributed by atoms with Gasteiger partial charge in [0.15, 0.2) is 0 Å². The van der Waals surface area contributed by atoms with Gasteiger partial charge in [-0.25, -0.2) is 0 Å². The maximum absolute atomic E-state index is 5.98. The van der Waals surface area contributed by atoms with Crippen molar-refractivity contribution in [3.05, 3.63) is 29.3 Å². The Kier molecular flexibility index (Phi) is 7.50. The molecule has 1 aromatic rings. The van der Waals surface area contributed by atoms with E-state index in [0.29, 0.717) is 12.0 Å². The quantitative estimate of drug-likeness (QED) is 0.907. The lowest BCUT2D eigenvalue weighted by molar-refractivity contribution is 0.146. The van der Waals surface area contributed by atoms with Crippen LogP contribution in [0.3, 0.4) is 0 Å². The van der Waals surface area contributed by atoms with E-state index in [1.807, 2.05) is 0 Å². The minimum atomic E-state index is 0. The maximum Gasteiger partial charge on any atom is 0.125 e. The number of hydrogen-bond donors (Lipinski definition) is 1. The summed E-state index contributed by atoms with van der Waals surface area (Å²) in [4.78, 5) is 2.49. The molecule has 4 heteroatoms. The zero-order valence-corrected chi connectivity index (χ0v) is 14.3. The number of nitrogens with zero attached hydrogens (tertiary/aromatic N) is 1. The van der Waals surface area contributed by atoms with E-state index >= 15 is 0 Å². The van der Waals surface area contributed by atoms with Crippen molar-refractivity contribution >= 4 is 12.4 Å². The minimum absolute atomic E-state index is 0. The van der Waals surface area contributed by atoms with Crippen LogP contribution in [0.1, 0.15) is 30.9 Å². The van der Waals surface area contributed by atoms with Gasteiger partial charge in [0.2, 0.25) is 0 Å². The number of likely N-dealkylation sites (tertiary alicyclic amines) is 1. The molecule has 0 aliphatic carbocycles. The summed E-state index contributed by atoms with van der Waals surface area (Å²) in [6.07, 6.45) is 2.45. The molecule has 0 aromatic heterocycles. The van der Waals surface area contributed by atoms with Gasteiger partial charge in [0.1, 0.15) is 12.4 Å². The van der Waals surface area contributed by atoms with Crippen molar-refractivity contribution in [2.75, 3.05) is 26.2 Å². The molecule has 0 saturated carbocycles. The van der Waals surface area contributed by atoms with Crippen molar-refractivity contribution < 1.29 is 4.74 Å². The number of ether oxygens (including phenoxy) is 1. The summed E-state index contributed by atoms with van der Waals surface area (Å²) in [5.41, 5.74) is 8.42. The number of para-hydroxylation sites is 1. The third-order valence-corrected chi connectivity index (χ3v) is 4.44. The molecular weight excluding hydrogens is 284 g/mol. The van der Waals surface area contributed by atoms with Crippen LogP contribution in [0.5, 0.6) is 5.75 Å². The van der Waals surface area contributed by atoms with Crippen molar-refractivity contribution in [2.45, 2.75) is 39.7 Å². The fraction of sp³-hybridized carbons (Fsp3) is 0.647. The molecule has 0 radical (unpaired) electrons. The van der Waals surface area contributed by atoms with E-state index in [9.17, 15) is 0 Å². The SMILES string of the molecule is Cc1cccc(C)c1OCCN1CCC(C(C)N)CC1.Cl. The van der Waals surface area contributed by atoms with E-state index in [1.165, 1.54) is 24.0 Å². The summed E-state index contributed by atoms with van der Waals surface area (Å²) >= 11 is 0. The van der Waals surface area contributed by atoms with Crippen molar-refractivity contribution in [3.8, 4) is 5.75 Å². The van der Waals surface area contributed by atoms with E-state index in [0.717, 1.165) is 32.0 Å². The lowest BCUT2D eigenvalue weighted by Gasteiger charge is -2.33. The Morgan fingerprint density at radius 3 is 2.33 bits per heavy atom. The fourth-order valence-electron chi connectivity index (χ4n) is 3.01. The molecule has 21 heavy (non-hydrogen) atoms. The monoisotopic (exact) mass is 312 g/mol. The predicted octanol–water partition coefficient (Wildman–Crippen LogP) is 3.16. The lowest BCUT2D eigenvalue weighted by atomic mass is 9.91. The van der Waals surface area contributed by atoms with Gasteiger partial charge in [-0.2, -0.15) is 0 Å². The second-order valence-electron chi connectivity index (χ2n) is 6.11. The maximum atomic E-state index is 5.98. The molecule has 1 heterocycles. The topological polar surface area (TPSA) is 38.5 Å². The molecule has 2 N–H and O–H groups in total. The van der Waals surface area contributed by atoms with Crippen molar-refractivity contribution in [1.29, 1.82) is 0 Å². The summed E-state index contributed by atoms with van der Waals surface area (Å²) in [5.74, 6) is 1.75. The third-order valence-electron chi connectivity index (χ3n) is 4.44. The Bertz CT molecular complexity index is 409. The van der Waals surface area contributed by atoms with Crippen LogP contribution >= 0.6 is 12.4 Å². The smallest absolute Gasteiger partial charge is 0.125 e. The molecule has 0 bridgehead atoms. The molecule has 1 aliphatic heterocycles. The molecule has 1 atom stereocenters. The highest BCUT2D eigenvalue weighted by Crippen LogP contribution is 2.23. The highest BCUT2D eigenvalue weighted by Gasteiger charge is 2.21. The summed E-state index contributed by atoms with van der Waals surface area (Å²) in [6, 6.07) is 6.63. The highest BCUT2D eigenvalue weighted by molar-refractivity contribution is 5.85. The van der Waals surface area contributed by atoms with Crippen LogP contribution in [0.15, 0.2) is 18.2 Å². The van der Waals surface area contributed by atoms with Crippen molar-refractivity contribution in [3.63, 3.8) is 0 Å². The Hall–Kier alpha value is -0.770. The van der Waals surface area contributed by atoms with Gasteiger partial charge in [-0.3, -0.25) is 4.90 Å². The molecule has 1 unspecified atom stereocenters. The van der Waals surface area contributed by atoms with Gasteiger partial charge in [-0.05, 0) is 63.7 Å². The first kappa shape index (κ1) is 18.3. The van der Waals surface area contributed by atoms with Crippen LogP contribution in [-0.2, 0) is 0 Å². The van der Waals surface area contributed by atoms with E-state index in [1.54, 1.807) is 0 Å². The molecule has 1 saturated heterocycles. The predicted molar refractivity (Wildman–Crippen MR) is 91.5 cm³/mol. The van der Waals surface area contributed by atoms with Crippen molar-refractivity contribution in [2.24, 2.45) is 11.7 Å². The van der Waals surface area contributed by atoms with Gasteiger partial charge in [-0.15, -0.1) is 12.4 Å². The van der Waals surface area contributed by atoms with Gasteiger partial charge in [0.05, 0.1) is 0 Å². The number of rotatable bonds is 5. The van der Waals surface area contributed by atoms with E-state index in [4.69, 9.17) is 10.5 Å². The zero-order valence-electron chi connectivity index (χ0n) is 13.5. The molecule has 2 rings (SSSR count). The van der Waals surface area contributed by atoms with Crippen LogP contribution in [-0.4, -0.2) is 37.2 Å². The van der Waals surface area contributed by atoms with Crippen LogP contribution in [0.2, 0.25) is 0 Å². The normalized spacial score (nSPS) is 18.1.